The molecule has 0 saturated carbocycles. The molecule has 2 unspecified atom stereocenters. The molecule has 0 radical (unpaired) electrons. The van der Waals surface area contributed by atoms with E-state index < -0.39 is 5.60 Å². The fourth-order valence-corrected chi connectivity index (χ4v) is 2.15. The summed E-state index contributed by atoms with van der Waals surface area (Å²) in [5.41, 5.74) is 0.100. The minimum absolute atomic E-state index is 0.0722. The largest absolute Gasteiger partial charge is 0.459 e. The van der Waals surface area contributed by atoms with E-state index >= 15 is 0 Å². The van der Waals surface area contributed by atoms with E-state index in [-0.39, 0.29) is 18.7 Å². The van der Waals surface area contributed by atoms with Gasteiger partial charge in [0.05, 0.1) is 6.10 Å². The van der Waals surface area contributed by atoms with Gasteiger partial charge in [-0.05, 0) is 18.9 Å². The molecule has 4 heteroatoms. The van der Waals surface area contributed by atoms with Crippen molar-refractivity contribution in [2.24, 2.45) is 0 Å². The Kier molecular flexibility index (Phi) is 4.56. The summed E-state index contributed by atoms with van der Waals surface area (Å²) in [4.78, 5) is 12.2. The van der Waals surface area contributed by atoms with Crippen LogP contribution in [0.25, 0.3) is 0 Å². The fourth-order valence-electron chi connectivity index (χ4n) is 2.15. The second-order valence-corrected chi connectivity index (χ2v) is 5.07. The molecule has 2 rings (SSSR count). The van der Waals surface area contributed by atoms with Gasteiger partial charge in [-0.3, -0.25) is 0 Å². The molecule has 1 heterocycles. The number of ether oxygens (including phenoxy) is 2. The molecule has 1 aromatic carbocycles. The van der Waals surface area contributed by atoms with Crippen LogP contribution in [0, 0.1) is 0 Å². The van der Waals surface area contributed by atoms with Crippen molar-refractivity contribution < 1.29 is 14.3 Å². The molecule has 1 aliphatic rings. The highest BCUT2D eigenvalue weighted by molar-refractivity contribution is 5.79. The van der Waals surface area contributed by atoms with E-state index in [2.05, 4.69) is 5.32 Å². The van der Waals surface area contributed by atoms with Crippen molar-refractivity contribution in [3.8, 4) is 0 Å². The predicted octanol–water partition coefficient (Wildman–Crippen LogP) is 1.89. The summed E-state index contributed by atoms with van der Waals surface area (Å²) >= 11 is 0. The van der Waals surface area contributed by atoms with E-state index in [9.17, 15) is 4.79 Å². The van der Waals surface area contributed by atoms with Gasteiger partial charge >= 0.3 is 5.97 Å². The number of hydrogen-bond acceptors (Lipinski definition) is 4. The third-order valence-electron chi connectivity index (χ3n) is 3.36. The highest BCUT2D eigenvalue weighted by atomic mass is 16.6. The van der Waals surface area contributed by atoms with Crippen LogP contribution in [0.1, 0.15) is 25.8 Å². The number of esters is 1. The first-order valence-corrected chi connectivity index (χ1v) is 6.74. The number of morpholine rings is 1. The lowest BCUT2D eigenvalue weighted by atomic mass is 10.0. The molecule has 0 aliphatic carbocycles. The zero-order chi connectivity index (χ0) is 13.7. The summed E-state index contributed by atoms with van der Waals surface area (Å²) in [6.45, 7) is 5.41. The standard InChI is InChI=1S/C15H21NO3/c1-3-13-9-16-11-15(2,19-13)14(17)18-10-12-7-5-4-6-8-12/h4-8,13,16H,3,9-11H2,1-2H3. The van der Waals surface area contributed by atoms with Crippen LogP contribution in [-0.2, 0) is 20.9 Å². The molecule has 1 N–H and O–H groups in total. The van der Waals surface area contributed by atoms with Crippen molar-refractivity contribution in [3.63, 3.8) is 0 Å². The first-order chi connectivity index (χ1) is 9.14. The average Bonchev–Trinajstić information content (AvgIpc) is 2.45. The Bertz CT molecular complexity index is 421. The van der Waals surface area contributed by atoms with Gasteiger partial charge in [-0.2, -0.15) is 0 Å². The summed E-state index contributed by atoms with van der Waals surface area (Å²) in [6.07, 6.45) is 0.956. The van der Waals surface area contributed by atoms with Crippen molar-refractivity contribution in [3.05, 3.63) is 35.9 Å². The summed E-state index contributed by atoms with van der Waals surface area (Å²) in [6, 6.07) is 9.66. The van der Waals surface area contributed by atoms with Crippen LogP contribution >= 0.6 is 0 Å². The predicted molar refractivity (Wildman–Crippen MR) is 72.7 cm³/mol. The molecule has 2 atom stereocenters. The fraction of sp³-hybridized carbons (Fsp3) is 0.533. The molecule has 1 saturated heterocycles. The van der Waals surface area contributed by atoms with Gasteiger partial charge in [0.25, 0.3) is 0 Å². The molecule has 0 bridgehead atoms. The normalized spacial score (nSPS) is 26.9. The lowest BCUT2D eigenvalue weighted by Crippen LogP contribution is -2.56. The van der Waals surface area contributed by atoms with E-state index in [0.717, 1.165) is 18.5 Å². The third kappa shape index (κ3) is 3.55. The van der Waals surface area contributed by atoms with Crippen LogP contribution in [0.15, 0.2) is 30.3 Å². The number of benzene rings is 1. The van der Waals surface area contributed by atoms with Crippen molar-refractivity contribution in [2.45, 2.75) is 38.6 Å². The smallest absolute Gasteiger partial charge is 0.339 e. The van der Waals surface area contributed by atoms with Crippen LogP contribution in [0.3, 0.4) is 0 Å². The van der Waals surface area contributed by atoms with E-state index in [1.54, 1.807) is 6.92 Å². The zero-order valence-corrected chi connectivity index (χ0v) is 11.5. The monoisotopic (exact) mass is 263 g/mol. The van der Waals surface area contributed by atoms with Crippen molar-refractivity contribution in [2.75, 3.05) is 13.1 Å². The molecule has 19 heavy (non-hydrogen) atoms. The van der Waals surface area contributed by atoms with Gasteiger partial charge in [0.2, 0.25) is 0 Å². The molecule has 1 aliphatic heterocycles. The summed E-state index contributed by atoms with van der Waals surface area (Å²) < 4.78 is 11.2. The second-order valence-electron chi connectivity index (χ2n) is 5.07. The minimum atomic E-state index is -0.881. The van der Waals surface area contributed by atoms with Crippen LogP contribution in [0.5, 0.6) is 0 Å². The van der Waals surface area contributed by atoms with E-state index in [4.69, 9.17) is 9.47 Å². The SMILES string of the molecule is CCC1CNCC(C)(C(=O)OCc2ccccc2)O1. The maximum Gasteiger partial charge on any atom is 0.339 e. The minimum Gasteiger partial charge on any atom is -0.459 e. The topological polar surface area (TPSA) is 47.6 Å². The second kappa shape index (κ2) is 6.17. The van der Waals surface area contributed by atoms with E-state index in [1.807, 2.05) is 37.3 Å². The van der Waals surface area contributed by atoms with E-state index in [1.165, 1.54) is 0 Å². The summed E-state index contributed by atoms with van der Waals surface area (Å²) in [5, 5.41) is 3.23. The number of rotatable bonds is 4. The first kappa shape index (κ1) is 14.0. The summed E-state index contributed by atoms with van der Waals surface area (Å²) in [7, 11) is 0. The molecule has 1 fully saturated rings. The molecule has 0 aromatic heterocycles. The Labute approximate surface area is 114 Å². The average molecular weight is 263 g/mol. The molecule has 0 spiro atoms. The van der Waals surface area contributed by atoms with Crippen LogP contribution in [-0.4, -0.2) is 30.8 Å². The Hall–Kier alpha value is -1.39. The quantitative estimate of drug-likeness (QED) is 0.843. The van der Waals surface area contributed by atoms with E-state index in [0.29, 0.717) is 6.54 Å². The van der Waals surface area contributed by atoms with Crippen LogP contribution in [0.4, 0.5) is 0 Å². The van der Waals surface area contributed by atoms with Gasteiger partial charge in [-0.15, -0.1) is 0 Å². The molecule has 4 nitrogen and oxygen atoms in total. The maximum atomic E-state index is 12.2. The highest BCUT2D eigenvalue weighted by Crippen LogP contribution is 2.20. The summed E-state index contributed by atoms with van der Waals surface area (Å²) in [5.74, 6) is -0.304. The van der Waals surface area contributed by atoms with Gasteiger partial charge in [0.15, 0.2) is 5.60 Å². The van der Waals surface area contributed by atoms with Crippen molar-refractivity contribution >= 4 is 5.97 Å². The Morgan fingerprint density at radius 3 is 2.89 bits per heavy atom. The number of nitrogens with one attached hydrogen (secondary N) is 1. The highest BCUT2D eigenvalue weighted by Gasteiger charge is 2.40. The van der Waals surface area contributed by atoms with Crippen molar-refractivity contribution in [1.29, 1.82) is 0 Å². The molecule has 104 valence electrons. The Balaban J connectivity index is 1.91. The van der Waals surface area contributed by atoms with Crippen molar-refractivity contribution in [1.82, 2.24) is 5.32 Å². The molecule has 1 aromatic rings. The number of carbonyl (C=O) groups excluding carboxylic acids is 1. The van der Waals surface area contributed by atoms with Gasteiger partial charge < -0.3 is 14.8 Å². The van der Waals surface area contributed by atoms with Crippen LogP contribution < -0.4 is 5.32 Å². The third-order valence-corrected chi connectivity index (χ3v) is 3.36. The number of carbonyl (C=O) groups is 1. The number of hydrogen-bond donors (Lipinski definition) is 1. The van der Waals surface area contributed by atoms with Gasteiger partial charge in [0, 0.05) is 13.1 Å². The van der Waals surface area contributed by atoms with Crippen LogP contribution in [0.2, 0.25) is 0 Å². The first-order valence-electron chi connectivity index (χ1n) is 6.74. The Morgan fingerprint density at radius 2 is 2.21 bits per heavy atom. The molecule has 0 amide bonds. The van der Waals surface area contributed by atoms with Gasteiger partial charge in [0.1, 0.15) is 6.61 Å². The molecular weight excluding hydrogens is 242 g/mol. The Morgan fingerprint density at radius 1 is 1.47 bits per heavy atom. The lowest BCUT2D eigenvalue weighted by molar-refractivity contribution is -0.184. The van der Waals surface area contributed by atoms with Gasteiger partial charge in [-0.1, -0.05) is 37.3 Å². The maximum absolute atomic E-state index is 12.2. The van der Waals surface area contributed by atoms with Gasteiger partial charge in [-0.25, -0.2) is 4.79 Å². The molecular formula is C15H21NO3. The zero-order valence-electron chi connectivity index (χ0n) is 11.5. The lowest BCUT2D eigenvalue weighted by Gasteiger charge is -2.36.